The first-order valence-electron chi connectivity index (χ1n) is 3.73. The summed E-state index contributed by atoms with van der Waals surface area (Å²) in [5, 5.41) is 7.17. The SMILES string of the molecule is O=S([O-])c1cccc(-c2nnco2)c1.[Na+]. The van der Waals surface area contributed by atoms with Crippen molar-refractivity contribution in [3.8, 4) is 11.5 Å². The monoisotopic (exact) mass is 232 g/mol. The van der Waals surface area contributed by atoms with E-state index in [1.54, 1.807) is 12.1 Å². The van der Waals surface area contributed by atoms with Crippen molar-refractivity contribution in [1.82, 2.24) is 10.2 Å². The van der Waals surface area contributed by atoms with E-state index >= 15 is 0 Å². The number of aromatic nitrogens is 2. The Labute approximate surface area is 110 Å². The second kappa shape index (κ2) is 5.53. The molecule has 0 saturated heterocycles. The van der Waals surface area contributed by atoms with E-state index in [9.17, 15) is 8.76 Å². The van der Waals surface area contributed by atoms with Crippen LogP contribution in [0.3, 0.4) is 0 Å². The molecule has 0 radical (unpaired) electrons. The van der Waals surface area contributed by atoms with E-state index in [-0.39, 0.29) is 34.5 Å². The van der Waals surface area contributed by atoms with Crippen LogP contribution in [0.5, 0.6) is 0 Å². The Bertz CT molecular complexity index is 461. The molecule has 5 nitrogen and oxygen atoms in total. The van der Waals surface area contributed by atoms with Crippen LogP contribution in [0.4, 0.5) is 0 Å². The Hall–Kier alpha value is -0.530. The Balaban J connectivity index is 0.00000112. The maximum Gasteiger partial charge on any atom is 1.00 e. The summed E-state index contributed by atoms with van der Waals surface area (Å²) in [5.41, 5.74) is 0.587. The summed E-state index contributed by atoms with van der Waals surface area (Å²) < 4.78 is 26.2. The van der Waals surface area contributed by atoms with Crippen molar-refractivity contribution in [3.05, 3.63) is 30.7 Å². The standard InChI is InChI=1S/C8H6N2O3S.Na/c11-14(12)7-3-1-2-6(4-7)8-10-9-5-13-8;/h1-5H,(H,11,12);/q;+1/p-1. The van der Waals surface area contributed by atoms with Gasteiger partial charge in [0.15, 0.2) is 0 Å². The van der Waals surface area contributed by atoms with Gasteiger partial charge < -0.3 is 8.97 Å². The Morgan fingerprint density at radius 1 is 1.40 bits per heavy atom. The molecule has 1 aromatic heterocycles. The molecule has 1 aromatic carbocycles. The number of hydrogen-bond acceptors (Lipinski definition) is 5. The van der Waals surface area contributed by atoms with Crippen molar-refractivity contribution >= 4 is 11.1 Å². The van der Waals surface area contributed by atoms with Crippen LogP contribution in [0, 0.1) is 0 Å². The minimum Gasteiger partial charge on any atom is -0.768 e. The minimum absolute atomic E-state index is 0. The molecule has 0 aliphatic carbocycles. The van der Waals surface area contributed by atoms with E-state index < -0.39 is 11.1 Å². The second-order valence-corrected chi connectivity index (χ2v) is 3.45. The van der Waals surface area contributed by atoms with Gasteiger partial charge in [-0.1, -0.05) is 6.07 Å². The van der Waals surface area contributed by atoms with E-state index in [1.165, 1.54) is 18.5 Å². The fourth-order valence-electron chi connectivity index (χ4n) is 1.03. The fraction of sp³-hybridized carbons (Fsp3) is 0. The normalized spacial score (nSPS) is 11.8. The van der Waals surface area contributed by atoms with Crippen molar-refractivity contribution in [1.29, 1.82) is 0 Å². The van der Waals surface area contributed by atoms with Gasteiger partial charge in [-0.2, -0.15) is 0 Å². The molecule has 7 heteroatoms. The molecule has 1 unspecified atom stereocenters. The molecule has 15 heavy (non-hydrogen) atoms. The van der Waals surface area contributed by atoms with Crippen LogP contribution < -0.4 is 29.6 Å². The zero-order chi connectivity index (χ0) is 9.97. The summed E-state index contributed by atoms with van der Waals surface area (Å²) in [6.45, 7) is 0. The van der Waals surface area contributed by atoms with Crippen molar-refractivity contribution < 1.29 is 42.7 Å². The molecule has 0 bridgehead atoms. The zero-order valence-corrected chi connectivity index (χ0v) is 10.7. The van der Waals surface area contributed by atoms with Crippen LogP contribution in [-0.2, 0) is 11.1 Å². The van der Waals surface area contributed by atoms with Crippen LogP contribution in [0.1, 0.15) is 0 Å². The van der Waals surface area contributed by atoms with Gasteiger partial charge in [-0.3, -0.25) is 4.21 Å². The van der Waals surface area contributed by atoms with Crippen molar-refractivity contribution in [3.63, 3.8) is 0 Å². The fourth-order valence-corrected chi connectivity index (χ4v) is 1.44. The van der Waals surface area contributed by atoms with E-state index in [1.807, 2.05) is 0 Å². The van der Waals surface area contributed by atoms with E-state index in [0.717, 1.165) is 0 Å². The van der Waals surface area contributed by atoms with E-state index in [4.69, 9.17) is 4.42 Å². The average Bonchev–Trinajstić information content (AvgIpc) is 2.71. The molecule has 1 heterocycles. The Kier molecular flexibility index (Phi) is 4.62. The molecule has 1 atom stereocenters. The van der Waals surface area contributed by atoms with Crippen molar-refractivity contribution in [2.75, 3.05) is 0 Å². The van der Waals surface area contributed by atoms with Gasteiger partial charge in [0.2, 0.25) is 12.3 Å². The van der Waals surface area contributed by atoms with Crippen LogP contribution in [0.15, 0.2) is 40.0 Å². The summed E-state index contributed by atoms with van der Waals surface area (Å²) >= 11 is -2.24. The quantitative estimate of drug-likeness (QED) is 0.441. The molecular formula is C8H5N2NaO3S. The summed E-state index contributed by atoms with van der Waals surface area (Å²) in [4.78, 5) is 0.195. The van der Waals surface area contributed by atoms with Crippen molar-refractivity contribution in [2.45, 2.75) is 4.90 Å². The van der Waals surface area contributed by atoms with Gasteiger partial charge in [-0.05, 0) is 29.3 Å². The third-order valence-corrected chi connectivity index (χ3v) is 2.27. The summed E-state index contributed by atoms with van der Waals surface area (Å²) in [6, 6.07) is 6.27. The number of hydrogen-bond donors (Lipinski definition) is 0. The molecule has 0 saturated carbocycles. The first kappa shape index (κ1) is 12.5. The molecule has 0 spiro atoms. The maximum absolute atomic E-state index is 10.7. The molecular weight excluding hydrogens is 227 g/mol. The van der Waals surface area contributed by atoms with Crippen LogP contribution in [0.2, 0.25) is 0 Å². The number of benzene rings is 1. The molecule has 72 valence electrons. The molecule has 0 aliphatic heterocycles. The summed E-state index contributed by atoms with van der Waals surface area (Å²) in [7, 11) is 0. The molecule has 2 rings (SSSR count). The van der Waals surface area contributed by atoms with Crippen LogP contribution in [0.25, 0.3) is 11.5 Å². The molecule has 0 amide bonds. The largest absolute Gasteiger partial charge is 1.00 e. The third-order valence-electron chi connectivity index (χ3n) is 1.63. The van der Waals surface area contributed by atoms with Crippen molar-refractivity contribution in [2.24, 2.45) is 0 Å². The average molecular weight is 232 g/mol. The van der Waals surface area contributed by atoms with E-state index in [0.29, 0.717) is 11.5 Å². The second-order valence-electron chi connectivity index (χ2n) is 2.51. The molecule has 0 N–H and O–H groups in total. The van der Waals surface area contributed by atoms with Crippen LogP contribution >= 0.6 is 0 Å². The molecule has 0 aliphatic rings. The predicted octanol–water partition coefficient (Wildman–Crippen LogP) is -2.02. The predicted molar refractivity (Wildman–Crippen MR) is 46.9 cm³/mol. The zero-order valence-electron chi connectivity index (χ0n) is 7.91. The number of rotatable bonds is 2. The minimum atomic E-state index is -2.24. The van der Waals surface area contributed by atoms with Gasteiger partial charge in [-0.25, -0.2) is 0 Å². The van der Waals surface area contributed by atoms with Crippen LogP contribution in [-0.4, -0.2) is 19.0 Å². The first-order chi connectivity index (χ1) is 6.77. The van der Waals surface area contributed by atoms with Gasteiger partial charge >= 0.3 is 29.6 Å². The summed E-state index contributed by atoms with van der Waals surface area (Å²) in [5.74, 6) is 0.303. The van der Waals surface area contributed by atoms with E-state index in [2.05, 4.69) is 10.2 Å². The smallest absolute Gasteiger partial charge is 0.768 e. The number of nitrogens with zero attached hydrogens (tertiary/aromatic N) is 2. The Morgan fingerprint density at radius 3 is 2.80 bits per heavy atom. The molecule has 2 aromatic rings. The van der Waals surface area contributed by atoms with Gasteiger partial charge in [-0.15, -0.1) is 10.2 Å². The molecule has 0 fully saturated rings. The maximum atomic E-state index is 10.7. The first-order valence-corrected chi connectivity index (χ1v) is 4.81. The van der Waals surface area contributed by atoms with Gasteiger partial charge in [0.1, 0.15) is 0 Å². The van der Waals surface area contributed by atoms with Gasteiger partial charge in [0, 0.05) is 10.5 Å². The van der Waals surface area contributed by atoms with Gasteiger partial charge in [0.05, 0.1) is 0 Å². The third kappa shape index (κ3) is 2.96. The summed E-state index contributed by atoms with van der Waals surface area (Å²) in [6.07, 6.45) is 1.19. The van der Waals surface area contributed by atoms with Gasteiger partial charge in [0.25, 0.3) is 0 Å². The Morgan fingerprint density at radius 2 is 2.20 bits per heavy atom. The topological polar surface area (TPSA) is 79.0 Å².